The van der Waals surface area contributed by atoms with Gasteiger partial charge in [0.1, 0.15) is 5.75 Å². The molecule has 1 aliphatic heterocycles. The van der Waals surface area contributed by atoms with E-state index in [9.17, 15) is 4.79 Å². The minimum Gasteiger partial charge on any atom is -0.496 e. The fraction of sp³-hybridized carbons (Fsp3) is 0.235. The number of benzene rings is 1. The molecule has 0 bridgehead atoms. The van der Waals surface area contributed by atoms with Crippen LogP contribution in [0.5, 0.6) is 5.75 Å². The van der Waals surface area contributed by atoms with Crippen molar-refractivity contribution in [1.82, 2.24) is 10.3 Å². The van der Waals surface area contributed by atoms with Crippen molar-refractivity contribution in [2.24, 2.45) is 5.16 Å². The average molecular weight is 311 g/mol. The predicted molar refractivity (Wildman–Crippen MR) is 85.1 cm³/mol. The van der Waals surface area contributed by atoms with E-state index < -0.39 is 6.10 Å². The molecule has 1 aliphatic rings. The molecule has 0 spiro atoms. The molecule has 1 aromatic carbocycles. The van der Waals surface area contributed by atoms with Crippen molar-refractivity contribution in [3.63, 3.8) is 0 Å². The molecule has 0 aliphatic carbocycles. The second kappa shape index (κ2) is 6.91. The Morgan fingerprint density at radius 1 is 1.35 bits per heavy atom. The number of para-hydroxylation sites is 1. The van der Waals surface area contributed by atoms with Crippen LogP contribution in [-0.4, -0.2) is 29.8 Å². The Morgan fingerprint density at radius 2 is 2.22 bits per heavy atom. The van der Waals surface area contributed by atoms with Gasteiger partial charge in [0.05, 0.1) is 12.8 Å². The number of rotatable bonds is 5. The lowest BCUT2D eigenvalue weighted by Crippen LogP contribution is -2.34. The van der Waals surface area contributed by atoms with E-state index in [-0.39, 0.29) is 5.91 Å². The molecule has 2 heterocycles. The van der Waals surface area contributed by atoms with E-state index in [1.807, 2.05) is 36.4 Å². The summed E-state index contributed by atoms with van der Waals surface area (Å²) in [5.41, 5.74) is 2.49. The molecule has 6 nitrogen and oxygen atoms in total. The molecule has 1 aromatic heterocycles. The third kappa shape index (κ3) is 3.48. The third-order valence-electron chi connectivity index (χ3n) is 3.57. The average Bonchev–Trinajstić information content (AvgIpc) is 3.10. The smallest absolute Gasteiger partial charge is 0.264 e. The second-order valence-corrected chi connectivity index (χ2v) is 5.12. The van der Waals surface area contributed by atoms with Crippen molar-refractivity contribution in [3.05, 3.63) is 59.9 Å². The van der Waals surface area contributed by atoms with E-state index in [0.29, 0.717) is 24.4 Å². The van der Waals surface area contributed by atoms with E-state index in [1.165, 1.54) is 0 Å². The molecule has 0 fully saturated rings. The fourth-order valence-electron chi connectivity index (χ4n) is 2.37. The van der Waals surface area contributed by atoms with Crippen molar-refractivity contribution < 1.29 is 14.4 Å². The first-order valence-electron chi connectivity index (χ1n) is 7.30. The number of methoxy groups -OCH3 is 1. The molecule has 1 N–H and O–H groups in total. The lowest BCUT2D eigenvalue weighted by molar-refractivity contribution is -0.131. The van der Waals surface area contributed by atoms with Crippen molar-refractivity contribution in [1.29, 1.82) is 0 Å². The van der Waals surface area contributed by atoms with Gasteiger partial charge in [0.2, 0.25) is 6.10 Å². The first-order valence-corrected chi connectivity index (χ1v) is 7.30. The Hall–Kier alpha value is -2.89. The SMILES string of the molecule is COc1ccccc1C1=NO[C@@H](C(=O)NCc2cccnc2)C1. The van der Waals surface area contributed by atoms with E-state index in [2.05, 4.69) is 15.5 Å². The maximum absolute atomic E-state index is 12.2. The summed E-state index contributed by atoms with van der Waals surface area (Å²) in [6.07, 6.45) is 3.21. The fourth-order valence-corrected chi connectivity index (χ4v) is 2.37. The Balaban J connectivity index is 1.59. The lowest BCUT2D eigenvalue weighted by atomic mass is 10.0. The highest BCUT2D eigenvalue weighted by molar-refractivity contribution is 6.05. The molecule has 2 aromatic rings. The van der Waals surface area contributed by atoms with E-state index in [4.69, 9.17) is 9.57 Å². The van der Waals surface area contributed by atoms with Crippen LogP contribution in [0.25, 0.3) is 0 Å². The molecule has 0 saturated heterocycles. The number of carbonyl (C=O) groups excluding carboxylic acids is 1. The van der Waals surface area contributed by atoms with Gasteiger partial charge in [-0.3, -0.25) is 9.78 Å². The highest BCUT2D eigenvalue weighted by Crippen LogP contribution is 2.24. The Kier molecular flexibility index (Phi) is 4.52. The molecule has 118 valence electrons. The molecule has 6 heteroatoms. The second-order valence-electron chi connectivity index (χ2n) is 5.12. The van der Waals surface area contributed by atoms with Gasteiger partial charge >= 0.3 is 0 Å². The molecule has 0 unspecified atom stereocenters. The number of nitrogens with one attached hydrogen (secondary N) is 1. The summed E-state index contributed by atoms with van der Waals surface area (Å²) in [5.74, 6) is 0.522. The summed E-state index contributed by atoms with van der Waals surface area (Å²) in [6, 6.07) is 11.3. The number of carbonyl (C=O) groups is 1. The van der Waals surface area contributed by atoms with Crippen LogP contribution in [0, 0.1) is 0 Å². The zero-order chi connectivity index (χ0) is 16.1. The topological polar surface area (TPSA) is 72.8 Å². The van der Waals surface area contributed by atoms with Gasteiger partial charge < -0.3 is 14.9 Å². The lowest BCUT2D eigenvalue weighted by Gasteiger charge is -2.10. The highest BCUT2D eigenvalue weighted by atomic mass is 16.6. The number of aromatic nitrogens is 1. The van der Waals surface area contributed by atoms with Crippen molar-refractivity contribution >= 4 is 11.6 Å². The number of amides is 1. The molecule has 0 radical (unpaired) electrons. The first kappa shape index (κ1) is 15.0. The Morgan fingerprint density at radius 3 is 3.00 bits per heavy atom. The number of nitrogens with zero attached hydrogens (tertiary/aromatic N) is 2. The van der Waals surface area contributed by atoms with Crippen LogP contribution in [0.1, 0.15) is 17.5 Å². The number of oxime groups is 1. The zero-order valence-electron chi connectivity index (χ0n) is 12.7. The quantitative estimate of drug-likeness (QED) is 0.915. The normalized spacial score (nSPS) is 16.4. The van der Waals surface area contributed by atoms with Gasteiger partial charge in [0, 0.05) is 30.9 Å². The predicted octanol–water partition coefficient (Wildman–Crippen LogP) is 1.90. The van der Waals surface area contributed by atoms with Gasteiger partial charge in [-0.25, -0.2) is 0 Å². The van der Waals surface area contributed by atoms with Crippen molar-refractivity contribution in [2.45, 2.75) is 19.1 Å². The van der Waals surface area contributed by atoms with Crippen LogP contribution < -0.4 is 10.1 Å². The maximum atomic E-state index is 12.2. The summed E-state index contributed by atoms with van der Waals surface area (Å²) in [4.78, 5) is 21.5. The van der Waals surface area contributed by atoms with Gasteiger partial charge in [-0.05, 0) is 23.8 Å². The Bertz CT molecular complexity index is 716. The van der Waals surface area contributed by atoms with Gasteiger partial charge in [-0.15, -0.1) is 0 Å². The highest BCUT2D eigenvalue weighted by Gasteiger charge is 2.29. The minimum atomic E-state index is -0.619. The molecule has 3 rings (SSSR count). The number of hydrogen-bond acceptors (Lipinski definition) is 5. The van der Waals surface area contributed by atoms with Gasteiger partial charge in [0.25, 0.3) is 5.91 Å². The van der Waals surface area contributed by atoms with Crippen LogP contribution in [-0.2, 0) is 16.2 Å². The van der Waals surface area contributed by atoms with Crippen LogP contribution >= 0.6 is 0 Å². The maximum Gasteiger partial charge on any atom is 0.264 e. The number of hydrogen-bond donors (Lipinski definition) is 1. The monoisotopic (exact) mass is 311 g/mol. The minimum absolute atomic E-state index is 0.192. The van der Waals surface area contributed by atoms with Gasteiger partial charge in [0.15, 0.2) is 0 Å². The summed E-state index contributed by atoms with van der Waals surface area (Å²) < 4.78 is 5.31. The van der Waals surface area contributed by atoms with E-state index >= 15 is 0 Å². The van der Waals surface area contributed by atoms with Gasteiger partial charge in [-0.1, -0.05) is 23.4 Å². The van der Waals surface area contributed by atoms with Crippen LogP contribution in [0.4, 0.5) is 0 Å². The first-order chi connectivity index (χ1) is 11.3. The Labute approximate surface area is 134 Å². The molecule has 0 saturated carbocycles. The van der Waals surface area contributed by atoms with Crippen LogP contribution in [0.15, 0.2) is 53.9 Å². The molecular formula is C17H17N3O3. The molecule has 1 atom stereocenters. The molecular weight excluding hydrogens is 294 g/mol. The summed E-state index contributed by atoms with van der Waals surface area (Å²) in [5, 5.41) is 6.87. The number of ether oxygens (including phenoxy) is 1. The van der Waals surface area contributed by atoms with Crippen molar-refractivity contribution in [2.75, 3.05) is 7.11 Å². The molecule has 1 amide bonds. The van der Waals surface area contributed by atoms with Crippen LogP contribution in [0.3, 0.4) is 0 Å². The largest absolute Gasteiger partial charge is 0.496 e. The number of pyridine rings is 1. The zero-order valence-corrected chi connectivity index (χ0v) is 12.7. The summed E-state index contributed by atoms with van der Waals surface area (Å²) in [6.45, 7) is 0.413. The standard InChI is InChI=1S/C17H17N3O3/c1-22-15-7-3-2-6-13(15)14-9-16(23-20-14)17(21)19-11-12-5-4-8-18-10-12/h2-8,10,16H,9,11H2,1H3,(H,19,21)/t16-/m1/s1. The summed E-state index contributed by atoms with van der Waals surface area (Å²) in [7, 11) is 1.60. The van der Waals surface area contributed by atoms with Crippen molar-refractivity contribution in [3.8, 4) is 5.75 Å². The van der Waals surface area contributed by atoms with Crippen LogP contribution in [0.2, 0.25) is 0 Å². The molecule has 23 heavy (non-hydrogen) atoms. The van der Waals surface area contributed by atoms with E-state index in [0.717, 1.165) is 11.1 Å². The third-order valence-corrected chi connectivity index (χ3v) is 3.57. The van der Waals surface area contributed by atoms with E-state index in [1.54, 1.807) is 19.5 Å². The summed E-state index contributed by atoms with van der Waals surface area (Å²) >= 11 is 0. The van der Waals surface area contributed by atoms with Gasteiger partial charge in [-0.2, -0.15) is 0 Å².